The highest BCUT2D eigenvalue weighted by molar-refractivity contribution is 5.80. The summed E-state index contributed by atoms with van der Waals surface area (Å²) in [6, 6.07) is -0.666. The molecule has 0 aliphatic carbocycles. The number of ether oxygens (including phenoxy) is 2. The number of hydrogen-bond acceptors (Lipinski definition) is 4. The fourth-order valence-electron chi connectivity index (χ4n) is 1.05. The predicted molar refractivity (Wildman–Crippen MR) is 67.9 cm³/mol. The largest absolute Gasteiger partial charge is 0.464 e. The molecule has 0 saturated heterocycles. The maximum absolute atomic E-state index is 11.6. The average molecular weight is 255 g/mol. The standard InChI is InChI=1S/C13H21NO4/c1-5-7-9-17-12(15)11(3)14(4)13(16)18-10-8-6-2/h2,11H,5,7-10H2,1,3-4H3. The minimum absolute atomic E-state index is 0.150. The van der Waals surface area contributed by atoms with Crippen molar-refractivity contribution in [2.24, 2.45) is 0 Å². The molecule has 0 saturated carbocycles. The first-order chi connectivity index (χ1) is 8.54. The lowest BCUT2D eigenvalue weighted by Gasteiger charge is -2.22. The van der Waals surface area contributed by atoms with Gasteiger partial charge in [0.2, 0.25) is 0 Å². The second-order valence-corrected chi connectivity index (χ2v) is 3.88. The van der Waals surface area contributed by atoms with Gasteiger partial charge in [0.1, 0.15) is 12.6 Å². The van der Waals surface area contributed by atoms with E-state index in [9.17, 15) is 9.59 Å². The first kappa shape index (κ1) is 16.3. The normalized spacial score (nSPS) is 11.2. The van der Waals surface area contributed by atoms with Crippen molar-refractivity contribution in [1.82, 2.24) is 4.90 Å². The Hall–Kier alpha value is -1.70. The number of carbonyl (C=O) groups excluding carboxylic acids is 2. The zero-order chi connectivity index (χ0) is 14.0. The molecule has 0 aliphatic heterocycles. The van der Waals surface area contributed by atoms with E-state index in [0.717, 1.165) is 12.8 Å². The molecule has 5 heteroatoms. The summed E-state index contributed by atoms with van der Waals surface area (Å²) in [6.45, 7) is 4.12. The Morgan fingerprint density at radius 1 is 1.33 bits per heavy atom. The highest BCUT2D eigenvalue weighted by Gasteiger charge is 2.24. The molecule has 5 nitrogen and oxygen atoms in total. The van der Waals surface area contributed by atoms with Crippen LogP contribution in [0.4, 0.5) is 4.79 Å². The summed E-state index contributed by atoms with van der Waals surface area (Å²) < 4.78 is 9.90. The van der Waals surface area contributed by atoms with Gasteiger partial charge in [0, 0.05) is 13.5 Å². The number of terminal acetylenes is 1. The van der Waals surface area contributed by atoms with Crippen LogP contribution < -0.4 is 0 Å². The van der Waals surface area contributed by atoms with E-state index in [-0.39, 0.29) is 6.61 Å². The molecule has 0 rings (SSSR count). The summed E-state index contributed by atoms with van der Waals surface area (Å²) in [7, 11) is 1.49. The van der Waals surface area contributed by atoms with E-state index >= 15 is 0 Å². The van der Waals surface area contributed by atoms with E-state index < -0.39 is 18.1 Å². The Morgan fingerprint density at radius 2 is 2.00 bits per heavy atom. The maximum Gasteiger partial charge on any atom is 0.410 e. The molecule has 0 aromatic heterocycles. The molecule has 0 heterocycles. The van der Waals surface area contributed by atoms with Crippen LogP contribution in [0.2, 0.25) is 0 Å². The van der Waals surface area contributed by atoms with E-state index in [1.54, 1.807) is 6.92 Å². The number of hydrogen-bond donors (Lipinski definition) is 0. The van der Waals surface area contributed by atoms with Crippen molar-refractivity contribution in [2.75, 3.05) is 20.3 Å². The zero-order valence-corrected chi connectivity index (χ0v) is 11.3. The number of carbonyl (C=O) groups is 2. The van der Waals surface area contributed by atoms with Gasteiger partial charge in [0.25, 0.3) is 0 Å². The average Bonchev–Trinajstić information content (AvgIpc) is 2.37. The Balaban J connectivity index is 4.07. The summed E-state index contributed by atoms with van der Waals surface area (Å²) in [6.07, 6.45) is 6.58. The van der Waals surface area contributed by atoms with Gasteiger partial charge in [0.05, 0.1) is 6.61 Å². The summed E-state index contributed by atoms with van der Waals surface area (Å²) in [4.78, 5) is 24.3. The highest BCUT2D eigenvalue weighted by Crippen LogP contribution is 2.03. The third kappa shape index (κ3) is 6.14. The van der Waals surface area contributed by atoms with Gasteiger partial charge >= 0.3 is 12.1 Å². The molecule has 0 fully saturated rings. The number of rotatable bonds is 7. The van der Waals surface area contributed by atoms with E-state index in [1.807, 2.05) is 6.92 Å². The van der Waals surface area contributed by atoms with Crippen LogP contribution in [-0.4, -0.2) is 43.3 Å². The molecule has 1 unspecified atom stereocenters. The van der Waals surface area contributed by atoms with Crippen molar-refractivity contribution < 1.29 is 19.1 Å². The van der Waals surface area contributed by atoms with Crippen LogP contribution in [0, 0.1) is 12.3 Å². The highest BCUT2D eigenvalue weighted by atomic mass is 16.6. The maximum atomic E-state index is 11.6. The molecule has 0 bridgehead atoms. The molecule has 0 aliphatic rings. The fourth-order valence-corrected chi connectivity index (χ4v) is 1.05. The Kier molecular flexibility index (Phi) is 8.46. The lowest BCUT2D eigenvalue weighted by Crippen LogP contribution is -2.41. The van der Waals surface area contributed by atoms with Crippen molar-refractivity contribution in [3.8, 4) is 12.3 Å². The van der Waals surface area contributed by atoms with Crippen molar-refractivity contribution in [2.45, 2.75) is 39.2 Å². The molecule has 102 valence electrons. The summed E-state index contributed by atoms with van der Waals surface area (Å²) in [5.74, 6) is 1.93. The smallest absolute Gasteiger partial charge is 0.410 e. The van der Waals surface area contributed by atoms with Gasteiger partial charge in [-0.1, -0.05) is 13.3 Å². The molecule has 0 N–H and O–H groups in total. The lowest BCUT2D eigenvalue weighted by molar-refractivity contribution is -0.148. The molecule has 1 amide bonds. The first-order valence-electron chi connectivity index (χ1n) is 6.04. The number of esters is 1. The van der Waals surface area contributed by atoms with Gasteiger partial charge in [-0.05, 0) is 13.3 Å². The number of nitrogens with zero attached hydrogens (tertiary/aromatic N) is 1. The van der Waals surface area contributed by atoms with Gasteiger partial charge in [0.15, 0.2) is 0 Å². The second kappa shape index (κ2) is 9.34. The van der Waals surface area contributed by atoms with Gasteiger partial charge in [-0.3, -0.25) is 4.90 Å². The number of amides is 1. The molecule has 0 spiro atoms. The Labute approximate surface area is 108 Å². The molecule has 1 atom stereocenters. The molecular formula is C13H21NO4. The van der Waals surface area contributed by atoms with E-state index in [2.05, 4.69) is 5.92 Å². The summed E-state index contributed by atoms with van der Waals surface area (Å²) in [5, 5.41) is 0. The van der Waals surface area contributed by atoms with Crippen molar-refractivity contribution >= 4 is 12.1 Å². The van der Waals surface area contributed by atoms with E-state index in [1.165, 1.54) is 11.9 Å². The molecule has 0 radical (unpaired) electrons. The van der Waals surface area contributed by atoms with E-state index in [0.29, 0.717) is 13.0 Å². The summed E-state index contributed by atoms with van der Waals surface area (Å²) >= 11 is 0. The van der Waals surface area contributed by atoms with Crippen molar-refractivity contribution in [1.29, 1.82) is 0 Å². The van der Waals surface area contributed by atoms with Crippen LogP contribution in [0.5, 0.6) is 0 Å². The van der Waals surface area contributed by atoms with Gasteiger partial charge in [-0.2, -0.15) is 0 Å². The SMILES string of the molecule is C#CCCOC(=O)N(C)C(C)C(=O)OCCCC. The van der Waals surface area contributed by atoms with Gasteiger partial charge < -0.3 is 9.47 Å². The van der Waals surface area contributed by atoms with Crippen LogP contribution in [0.15, 0.2) is 0 Å². The van der Waals surface area contributed by atoms with Gasteiger partial charge in [-0.15, -0.1) is 12.3 Å². The van der Waals surface area contributed by atoms with Crippen LogP contribution in [0.3, 0.4) is 0 Å². The third-order valence-corrected chi connectivity index (χ3v) is 2.42. The second-order valence-electron chi connectivity index (χ2n) is 3.88. The minimum Gasteiger partial charge on any atom is -0.464 e. The number of unbranched alkanes of at least 4 members (excludes halogenated alkanes) is 1. The van der Waals surface area contributed by atoms with Crippen LogP contribution >= 0.6 is 0 Å². The van der Waals surface area contributed by atoms with Crippen molar-refractivity contribution in [3.63, 3.8) is 0 Å². The topological polar surface area (TPSA) is 55.8 Å². The molecular weight excluding hydrogens is 234 g/mol. The van der Waals surface area contributed by atoms with Crippen LogP contribution in [-0.2, 0) is 14.3 Å². The van der Waals surface area contributed by atoms with Gasteiger partial charge in [-0.25, -0.2) is 9.59 Å². The fraction of sp³-hybridized carbons (Fsp3) is 0.692. The third-order valence-electron chi connectivity index (χ3n) is 2.42. The quantitative estimate of drug-likeness (QED) is 0.395. The Morgan fingerprint density at radius 3 is 2.56 bits per heavy atom. The molecule has 0 aromatic carbocycles. The van der Waals surface area contributed by atoms with Crippen LogP contribution in [0.1, 0.15) is 33.1 Å². The minimum atomic E-state index is -0.666. The zero-order valence-electron chi connectivity index (χ0n) is 11.3. The molecule has 18 heavy (non-hydrogen) atoms. The summed E-state index contributed by atoms with van der Waals surface area (Å²) in [5.41, 5.74) is 0. The van der Waals surface area contributed by atoms with E-state index in [4.69, 9.17) is 15.9 Å². The Bertz CT molecular complexity index is 309. The monoisotopic (exact) mass is 255 g/mol. The first-order valence-corrected chi connectivity index (χ1v) is 6.04. The molecule has 0 aromatic rings. The lowest BCUT2D eigenvalue weighted by atomic mass is 10.3. The number of likely N-dealkylation sites (N-methyl/N-ethyl adjacent to an activating group) is 1. The van der Waals surface area contributed by atoms with Crippen molar-refractivity contribution in [3.05, 3.63) is 0 Å². The predicted octanol–water partition coefficient (Wildman–Crippen LogP) is 1.81. The van der Waals surface area contributed by atoms with Crippen LogP contribution in [0.25, 0.3) is 0 Å².